The van der Waals surface area contributed by atoms with Crippen LogP contribution < -0.4 is 27.4 Å². The van der Waals surface area contributed by atoms with E-state index in [1.807, 2.05) is 24.3 Å². The Labute approximate surface area is 216 Å². The molecule has 0 fully saturated rings. The number of hydrogen-bond donors (Lipinski definition) is 8. The molecule has 2 aromatic heterocycles. The number of benzene rings is 1. The van der Waals surface area contributed by atoms with Crippen LogP contribution in [0.3, 0.4) is 0 Å². The first-order valence-corrected chi connectivity index (χ1v) is 11.8. The average molecular weight is 527 g/mol. The number of nitrogens with two attached hydrogens (primary N) is 2. The van der Waals surface area contributed by atoms with Crippen LogP contribution in [0.1, 0.15) is 24.1 Å². The van der Waals surface area contributed by atoms with E-state index in [1.54, 1.807) is 6.20 Å². The molecule has 4 amide bonds. The predicted molar refractivity (Wildman–Crippen MR) is 135 cm³/mol. The monoisotopic (exact) mass is 526 g/mol. The topological polar surface area (TPSA) is 238 Å². The van der Waals surface area contributed by atoms with Crippen molar-refractivity contribution in [3.05, 3.63) is 54.2 Å². The number of carboxylic acids is 1. The number of imidazole rings is 1. The predicted octanol–water partition coefficient (Wildman–Crippen LogP) is -1.56. The summed E-state index contributed by atoms with van der Waals surface area (Å²) in [5, 5.41) is 17.9. The Morgan fingerprint density at radius 1 is 0.947 bits per heavy atom. The molecule has 14 nitrogen and oxygen atoms in total. The molecular formula is C24H30N8O6. The number of aliphatic carboxylic acids is 1. The number of carbonyl (C=O) groups excluding carboxylic acids is 4. The van der Waals surface area contributed by atoms with Gasteiger partial charge in [-0.05, 0) is 18.1 Å². The molecule has 3 aromatic rings. The van der Waals surface area contributed by atoms with Crippen LogP contribution in [0.5, 0.6) is 0 Å². The summed E-state index contributed by atoms with van der Waals surface area (Å²) in [6.45, 7) is -0.364. The number of primary amides is 1. The summed E-state index contributed by atoms with van der Waals surface area (Å²) in [7, 11) is 0. The smallest absolute Gasteiger partial charge is 0.326 e. The number of aromatic nitrogens is 3. The number of aromatic amines is 2. The highest BCUT2D eigenvalue weighted by atomic mass is 16.4. The zero-order chi connectivity index (χ0) is 27.7. The molecule has 0 aliphatic heterocycles. The molecule has 3 atom stereocenters. The summed E-state index contributed by atoms with van der Waals surface area (Å²) in [5.74, 6) is -4.16. The normalized spacial score (nSPS) is 13.3. The van der Waals surface area contributed by atoms with E-state index in [0.29, 0.717) is 5.69 Å². The van der Waals surface area contributed by atoms with Crippen LogP contribution in [0.25, 0.3) is 10.9 Å². The van der Waals surface area contributed by atoms with Crippen molar-refractivity contribution in [3.63, 3.8) is 0 Å². The molecule has 0 bridgehead atoms. The van der Waals surface area contributed by atoms with Gasteiger partial charge in [-0.1, -0.05) is 18.2 Å². The van der Waals surface area contributed by atoms with Crippen molar-refractivity contribution in [1.29, 1.82) is 0 Å². The number of nitrogens with one attached hydrogen (secondary N) is 5. The highest BCUT2D eigenvalue weighted by molar-refractivity contribution is 5.94. The van der Waals surface area contributed by atoms with Gasteiger partial charge in [0.2, 0.25) is 23.6 Å². The van der Waals surface area contributed by atoms with E-state index < -0.39 is 47.7 Å². The Kier molecular flexibility index (Phi) is 9.54. The fourth-order valence-electron chi connectivity index (χ4n) is 3.90. The number of carbonyl (C=O) groups is 5. The fourth-order valence-corrected chi connectivity index (χ4v) is 3.90. The summed E-state index contributed by atoms with van der Waals surface area (Å²) in [4.78, 5) is 71.3. The number of fused-ring (bicyclic) bond motifs is 1. The van der Waals surface area contributed by atoms with Crippen molar-refractivity contribution < 1.29 is 29.1 Å². The first kappa shape index (κ1) is 27.9. The van der Waals surface area contributed by atoms with Crippen LogP contribution in [0.2, 0.25) is 0 Å². The minimum Gasteiger partial charge on any atom is -0.480 e. The zero-order valence-electron chi connectivity index (χ0n) is 20.4. The van der Waals surface area contributed by atoms with Crippen LogP contribution in [0.15, 0.2) is 43.0 Å². The lowest BCUT2D eigenvalue weighted by molar-refractivity contribution is -0.142. The lowest BCUT2D eigenvalue weighted by Crippen LogP contribution is -2.57. The van der Waals surface area contributed by atoms with Crippen LogP contribution in [0.4, 0.5) is 0 Å². The highest BCUT2D eigenvalue weighted by Gasteiger charge is 2.30. The second-order valence-electron chi connectivity index (χ2n) is 8.63. The van der Waals surface area contributed by atoms with Crippen molar-refractivity contribution in [2.75, 3.05) is 6.54 Å². The molecular weight excluding hydrogens is 496 g/mol. The first-order valence-electron chi connectivity index (χ1n) is 11.8. The summed E-state index contributed by atoms with van der Waals surface area (Å²) in [6.07, 6.45) is 4.05. The van der Waals surface area contributed by atoms with Gasteiger partial charge in [0.25, 0.3) is 0 Å². The largest absolute Gasteiger partial charge is 0.480 e. The minimum atomic E-state index is -1.34. The second-order valence-corrected chi connectivity index (χ2v) is 8.63. The average Bonchev–Trinajstić information content (AvgIpc) is 3.55. The molecule has 202 valence electrons. The van der Waals surface area contributed by atoms with E-state index >= 15 is 0 Å². The van der Waals surface area contributed by atoms with Crippen LogP contribution in [-0.4, -0.2) is 74.3 Å². The van der Waals surface area contributed by atoms with Gasteiger partial charge in [-0.15, -0.1) is 0 Å². The van der Waals surface area contributed by atoms with Gasteiger partial charge >= 0.3 is 5.97 Å². The molecule has 0 radical (unpaired) electrons. The third kappa shape index (κ3) is 7.64. The molecule has 38 heavy (non-hydrogen) atoms. The molecule has 3 rings (SSSR count). The van der Waals surface area contributed by atoms with Crippen molar-refractivity contribution in [3.8, 4) is 0 Å². The van der Waals surface area contributed by atoms with E-state index in [1.165, 1.54) is 12.5 Å². The second kappa shape index (κ2) is 13.0. The number of para-hydroxylation sites is 1. The summed E-state index contributed by atoms with van der Waals surface area (Å²) < 4.78 is 0. The van der Waals surface area contributed by atoms with Crippen LogP contribution in [0, 0.1) is 0 Å². The molecule has 0 saturated heterocycles. The van der Waals surface area contributed by atoms with Gasteiger partial charge in [-0.3, -0.25) is 19.2 Å². The Morgan fingerprint density at radius 2 is 1.66 bits per heavy atom. The van der Waals surface area contributed by atoms with Crippen molar-refractivity contribution in [1.82, 2.24) is 30.9 Å². The third-order valence-corrected chi connectivity index (χ3v) is 5.84. The van der Waals surface area contributed by atoms with E-state index in [2.05, 4.69) is 30.9 Å². The Hall–Kier alpha value is -4.72. The van der Waals surface area contributed by atoms with Gasteiger partial charge in [0.1, 0.15) is 18.1 Å². The van der Waals surface area contributed by atoms with E-state index in [4.69, 9.17) is 11.5 Å². The van der Waals surface area contributed by atoms with Crippen LogP contribution in [-0.2, 0) is 36.8 Å². The quantitative estimate of drug-likeness (QED) is 0.122. The SMILES string of the molecule is NCC(=O)NC(Cc1c[nH]c2ccccc12)C(=O)NC(CCC(N)=O)C(=O)NC(Cc1cnc[nH]1)C(=O)O. The van der Waals surface area contributed by atoms with Gasteiger partial charge in [0.15, 0.2) is 0 Å². The van der Waals surface area contributed by atoms with Gasteiger partial charge in [0.05, 0.1) is 12.9 Å². The molecule has 10 N–H and O–H groups in total. The molecule has 3 unspecified atom stereocenters. The molecule has 0 spiro atoms. The molecule has 0 saturated carbocycles. The molecule has 1 aromatic carbocycles. The molecule has 0 aliphatic rings. The highest BCUT2D eigenvalue weighted by Crippen LogP contribution is 2.19. The number of H-pyrrole nitrogens is 2. The number of carboxylic acid groups (broad SMARTS) is 1. The standard InChI is InChI=1S/C24H30N8O6/c25-9-21(34)30-18(7-13-10-28-16-4-2-1-3-15(13)16)23(36)31-17(5-6-20(26)33)22(35)32-19(24(37)38)8-14-11-27-12-29-14/h1-4,10-12,17-19,28H,5-9,25H2,(H2,26,33)(H,27,29)(H,30,34)(H,31,36)(H,32,35)(H,37,38). The molecule has 2 heterocycles. The number of rotatable bonds is 14. The lowest BCUT2D eigenvalue weighted by atomic mass is 10.0. The van der Waals surface area contributed by atoms with E-state index in [9.17, 15) is 29.1 Å². The maximum atomic E-state index is 13.3. The van der Waals surface area contributed by atoms with Gasteiger partial charge in [-0.25, -0.2) is 9.78 Å². The summed E-state index contributed by atoms with van der Waals surface area (Å²) >= 11 is 0. The number of amides is 4. The Bertz CT molecular complexity index is 1290. The summed E-state index contributed by atoms with van der Waals surface area (Å²) in [6, 6.07) is 3.64. The van der Waals surface area contributed by atoms with Gasteiger partial charge in [0, 0.05) is 48.3 Å². The molecule has 14 heteroatoms. The van der Waals surface area contributed by atoms with Crippen molar-refractivity contribution in [2.24, 2.45) is 11.5 Å². The zero-order valence-corrected chi connectivity index (χ0v) is 20.4. The van der Waals surface area contributed by atoms with Crippen molar-refractivity contribution in [2.45, 2.75) is 43.8 Å². The number of nitrogens with zero attached hydrogens (tertiary/aromatic N) is 1. The van der Waals surface area contributed by atoms with Gasteiger partial charge < -0.3 is 42.5 Å². The minimum absolute atomic E-state index is 0.0727. The van der Waals surface area contributed by atoms with Gasteiger partial charge in [-0.2, -0.15) is 0 Å². The maximum absolute atomic E-state index is 13.3. The van der Waals surface area contributed by atoms with Crippen molar-refractivity contribution >= 4 is 40.5 Å². The fraction of sp³-hybridized carbons (Fsp3) is 0.333. The maximum Gasteiger partial charge on any atom is 0.326 e. The van der Waals surface area contributed by atoms with E-state index in [-0.39, 0.29) is 32.2 Å². The van der Waals surface area contributed by atoms with Crippen LogP contribution >= 0.6 is 0 Å². The lowest BCUT2D eigenvalue weighted by Gasteiger charge is -2.24. The third-order valence-electron chi connectivity index (χ3n) is 5.84. The summed E-state index contributed by atoms with van der Waals surface area (Å²) in [5.41, 5.74) is 12.7. The first-order chi connectivity index (χ1) is 18.2. The Balaban J connectivity index is 1.78. The number of hydrogen-bond acceptors (Lipinski definition) is 7. The molecule has 0 aliphatic carbocycles. The Morgan fingerprint density at radius 3 is 2.32 bits per heavy atom. The van der Waals surface area contributed by atoms with E-state index in [0.717, 1.165) is 16.5 Å².